The van der Waals surface area contributed by atoms with Crippen molar-refractivity contribution < 1.29 is 9.53 Å². The van der Waals surface area contributed by atoms with Gasteiger partial charge in [0.2, 0.25) is 0 Å². The van der Waals surface area contributed by atoms with Gasteiger partial charge in [-0.1, -0.05) is 30.7 Å². The number of hydrogen-bond donors (Lipinski definition) is 1. The van der Waals surface area contributed by atoms with Gasteiger partial charge in [-0.15, -0.1) is 0 Å². The fraction of sp³-hybridized carbons (Fsp3) is 0.450. The van der Waals surface area contributed by atoms with Crippen LogP contribution < -0.4 is 5.32 Å². The topological polar surface area (TPSA) is 64.1 Å². The van der Waals surface area contributed by atoms with Crippen molar-refractivity contribution in [3.8, 4) is 11.1 Å². The molecule has 4 rings (SSSR count). The molecular weight excluding hydrogens is 314 g/mol. The number of rotatable bonds is 5. The van der Waals surface area contributed by atoms with Crippen molar-refractivity contribution in [2.45, 2.75) is 44.8 Å². The Balaban J connectivity index is 1.34. The Morgan fingerprint density at radius 1 is 1.20 bits per heavy atom. The van der Waals surface area contributed by atoms with Crippen molar-refractivity contribution in [2.24, 2.45) is 5.41 Å². The summed E-state index contributed by atoms with van der Waals surface area (Å²) < 4.78 is 5.57. The van der Waals surface area contributed by atoms with E-state index in [1.54, 1.807) is 0 Å². The molecule has 0 radical (unpaired) electrons. The Morgan fingerprint density at radius 2 is 1.92 bits per heavy atom. The monoisotopic (exact) mass is 337 g/mol. The SMILES string of the molecule is C[C@@H](NC[C@H]1CC2(CCC2)C(=O)O1)c1ccc(-c2cncnc2)cc1. The van der Waals surface area contributed by atoms with Crippen LogP contribution in [0.1, 0.15) is 44.2 Å². The van der Waals surface area contributed by atoms with Gasteiger partial charge >= 0.3 is 5.97 Å². The van der Waals surface area contributed by atoms with Crippen molar-refractivity contribution in [3.05, 3.63) is 48.5 Å². The second-order valence-electron chi connectivity index (χ2n) is 7.24. The van der Waals surface area contributed by atoms with Crippen molar-refractivity contribution in [2.75, 3.05) is 6.54 Å². The Hall–Kier alpha value is -2.27. The van der Waals surface area contributed by atoms with Gasteiger partial charge in [-0.25, -0.2) is 9.97 Å². The average molecular weight is 337 g/mol. The predicted molar refractivity (Wildman–Crippen MR) is 94.7 cm³/mol. The van der Waals surface area contributed by atoms with Crippen LogP contribution in [0.3, 0.4) is 0 Å². The van der Waals surface area contributed by atoms with Gasteiger partial charge in [-0.3, -0.25) is 4.79 Å². The van der Waals surface area contributed by atoms with Crippen LogP contribution >= 0.6 is 0 Å². The summed E-state index contributed by atoms with van der Waals surface area (Å²) in [7, 11) is 0. The molecule has 2 heterocycles. The summed E-state index contributed by atoms with van der Waals surface area (Å²) in [6, 6.07) is 8.62. The molecule has 2 fully saturated rings. The lowest BCUT2D eigenvalue weighted by Crippen LogP contribution is -2.34. The van der Waals surface area contributed by atoms with Crippen LogP contribution in [-0.2, 0) is 9.53 Å². The Labute approximate surface area is 147 Å². The molecule has 1 spiro atoms. The second kappa shape index (κ2) is 6.56. The quantitative estimate of drug-likeness (QED) is 0.848. The number of esters is 1. The standard InChI is InChI=1S/C20H23N3O2/c1-14(23-12-18-9-20(7-2-8-20)19(24)25-18)15-3-5-16(6-4-15)17-10-21-13-22-11-17/h3-6,10-11,13-14,18,23H,2,7-9,12H2,1H3/t14-,18-/m1/s1. The third kappa shape index (κ3) is 3.16. The molecule has 2 aliphatic rings. The molecule has 1 saturated heterocycles. The molecule has 1 aliphatic heterocycles. The average Bonchev–Trinajstić information content (AvgIpc) is 2.97. The maximum absolute atomic E-state index is 12.0. The van der Waals surface area contributed by atoms with E-state index < -0.39 is 0 Å². The van der Waals surface area contributed by atoms with Gasteiger partial charge in [0, 0.05) is 37.0 Å². The molecule has 0 amide bonds. The third-order valence-electron chi connectivity index (χ3n) is 5.59. The Morgan fingerprint density at radius 3 is 2.52 bits per heavy atom. The van der Waals surface area contributed by atoms with Gasteiger partial charge in [-0.05, 0) is 30.9 Å². The summed E-state index contributed by atoms with van der Waals surface area (Å²) in [4.78, 5) is 20.1. The normalized spacial score (nSPS) is 22.4. The highest BCUT2D eigenvalue weighted by atomic mass is 16.6. The first kappa shape index (κ1) is 16.2. The van der Waals surface area contributed by atoms with E-state index in [0.29, 0.717) is 6.54 Å². The minimum Gasteiger partial charge on any atom is -0.461 e. The number of nitrogens with one attached hydrogen (secondary N) is 1. The number of ether oxygens (including phenoxy) is 1. The molecule has 1 N–H and O–H groups in total. The summed E-state index contributed by atoms with van der Waals surface area (Å²) in [5, 5.41) is 3.50. The molecule has 2 atom stereocenters. The molecule has 2 aromatic rings. The molecule has 1 aromatic carbocycles. The highest BCUT2D eigenvalue weighted by molar-refractivity contribution is 5.80. The van der Waals surface area contributed by atoms with Gasteiger partial charge in [-0.2, -0.15) is 0 Å². The molecule has 1 aromatic heterocycles. The van der Waals surface area contributed by atoms with Gasteiger partial charge in [0.1, 0.15) is 12.4 Å². The molecule has 5 nitrogen and oxygen atoms in total. The van der Waals surface area contributed by atoms with Crippen molar-refractivity contribution in [1.82, 2.24) is 15.3 Å². The molecule has 25 heavy (non-hydrogen) atoms. The van der Waals surface area contributed by atoms with Gasteiger partial charge < -0.3 is 10.1 Å². The van der Waals surface area contributed by atoms with Crippen LogP contribution in [-0.4, -0.2) is 28.6 Å². The number of aromatic nitrogens is 2. The van der Waals surface area contributed by atoms with Gasteiger partial charge in [0.15, 0.2) is 0 Å². The highest BCUT2D eigenvalue weighted by Gasteiger charge is 2.52. The van der Waals surface area contributed by atoms with E-state index in [9.17, 15) is 4.79 Å². The van der Waals surface area contributed by atoms with Crippen molar-refractivity contribution >= 4 is 5.97 Å². The number of nitrogens with zero attached hydrogens (tertiary/aromatic N) is 2. The largest absolute Gasteiger partial charge is 0.461 e. The second-order valence-corrected chi connectivity index (χ2v) is 7.24. The van der Waals surface area contributed by atoms with Crippen LogP contribution in [0.25, 0.3) is 11.1 Å². The number of carbonyl (C=O) groups excluding carboxylic acids is 1. The zero-order chi connectivity index (χ0) is 17.3. The smallest absolute Gasteiger partial charge is 0.312 e. The van der Waals surface area contributed by atoms with E-state index >= 15 is 0 Å². The number of hydrogen-bond acceptors (Lipinski definition) is 5. The molecule has 130 valence electrons. The zero-order valence-electron chi connectivity index (χ0n) is 14.4. The highest BCUT2D eigenvalue weighted by Crippen LogP contribution is 2.50. The summed E-state index contributed by atoms with van der Waals surface area (Å²) in [6.07, 6.45) is 9.21. The zero-order valence-corrected chi connectivity index (χ0v) is 14.4. The lowest BCUT2D eigenvalue weighted by atomic mass is 9.67. The van der Waals surface area contributed by atoms with Crippen LogP contribution in [0.15, 0.2) is 43.0 Å². The van der Waals surface area contributed by atoms with E-state index in [1.807, 2.05) is 12.4 Å². The van der Waals surface area contributed by atoms with E-state index in [1.165, 1.54) is 11.9 Å². The number of benzene rings is 1. The maximum atomic E-state index is 12.0. The first-order chi connectivity index (χ1) is 12.2. The first-order valence-electron chi connectivity index (χ1n) is 8.96. The fourth-order valence-electron chi connectivity index (χ4n) is 3.80. The van der Waals surface area contributed by atoms with Gasteiger partial charge in [0.05, 0.1) is 5.41 Å². The molecule has 1 aliphatic carbocycles. The lowest BCUT2D eigenvalue weighted by Gasteiger charge is -2.33. The van der Waals surface area contributed by atoms with Gasteiger partial charge in [0.25, 0.3) is 0 Å². The van der Waals surface area contributed by atoms with Crippen molar-refractivity contribution in [1.29, 1.82) is 0 Å². The summed E-state index contributed by atoms with van der Waals surface area (Å²) in [5.74, 6) is 0.0210. The van der Waals surface area contributed by atoms with Crippen molar-refractivity contribution in [3.63, 3.8) is 0 Å². The fourth-order valence-corrected chi connectivity index (χ4v) is 3.80. The van der Waals surface area contributed by atoms with E-state index in [4.69, 9.17) is 4.74 Å². The third-order valence-corrected chi connectivity index (χ3v) is 5.59. The van der Waals surface area contributed by atoms with E-state index in [2.05, 4.69) is 46.5 Å². The molecule has 5 heteroatoms. The van der Waals surface area contributed by atoms with Crippen LogP contribution in [0.5, 0.6) is 0 Å². The maximum Gasteiger partial charge on any atom is 0.312 e. The minimum atomic E-state index is -0.144. The van der Waals surface area contributed by atoms with Crippen LogP contribution in [0, 0.1) is 5.41 Å². The summed E-state index contributed by atoms with van der Waals surface area (Å²) in [6.45, 7) is 2.85. The summed E-state index contributed by atoms with van der Waals surface area (Å²) in [5.41, 5.74) is 3.18. The van der Waals surface area contributed by atoms with Crippen LogP contribution in [0.4, 0.5) is 0 Å². The molecule has 0 bridgehead atoms. The molecule has 1 saturated carbocycles. The van der Waals surface area contributed by atoms with E-state index in [-0.39, 0.29) is 23.5 Å². The summed E-state index contributed by atoms with van der Waals surface area (Å²) >= 11 is 0. The first-order valence-corrected chi connectivity index (χ1v) is 8.96. The molecule has 0 unspecified atom stereocenters. The van der Waals surface area contributed by atoms with Crippen LogP contribution in [0.2, 0.25) is 0 Å². The van der Waals surface area contributed by atoms with E-state index in [0.717, 1.165) is 36.8 Å². The number of carbonyl (C=O) groups is 1. The predicted octanol–water partition coefficient (Wildman–Crippen LogP) is 3.28. The molecular formula is C20H23N3O2. The lowest BCUT2D eigenvalue weighted by molar-refractivity contribution is -0.152. The Kier molecular flexibility index (Phi) is 4.25. The minimum absolute atomic E-state index is 0.0102. The Bertz CT molecular complexity index is 741. The number of cyclic esters (lactones) is 1.